The second-order valence-electron chi connectivity index (χ2n) is 5.28. The second-order valence-corrected chi connectivity index (χ2v) is 5.28. The molecule has 0 N–H and O–H groups in total. The summed E-state index contributed by atoms with van der Waals surface area (Å²) in [6.45, 7) is 1.99. The molecular formula is C13H15N3O5. The summed E-state index contributed by atoms with van der Waals surface area (Å²) >= 11 is 0. The summed E-state index contributed by atoms with van der Waals surface area (Å²) in [5, 5.41) is 21.9. The van der Waals surface area contributed by atoms with Crippen molar-refractivity contribution >= 4 is 17.3 Å². The fraction of sp³-hybridized carbons (Fsp3) is 0.462. The lowest BCUT2D eigenvalue weighted by atomic mass is 10.0. The Balaban J connectivity index is 2.42. The minimum absolute atomic E-state index is 0.0130. The molecule has 0 atom stereocenters. The van der Waals surface area contributed by atoms with Crippen molar-refractivity contribution in [2.45, 2.75) is 19.8 Å². The monoisotopic (exact) mass is 293 g/mol. The molecule has 8 nitrogen and oxygen atoms in total. The molecule has 0 unspecified atom stereocenters. The Labute approximate surface area is 120 Å². The molecule has 112 valence electrons. The second kappa shape index (κ2) is 5.47. The maximum atomic E-state index is 12.4. The highest BCUT2D eigenvalue weighted by Crippen LogP contribution is 2.31. The van der Waals surface area contributed by atoms with Gasteiger partial charge in [-0.2, -0.15) is 0 Å². The Morgan fingerprint density at radius 3 is 2.38 bits per heavy atom. The van der Waals surface area contributed by atoms with Crippen molar-refractivity contribution in [1.29, 1.82) is 0 Å². The van der Waals surface area contributed by atoms with Crippen molar-refractivity contribution in [2.24, 2.45) is 5.92 Å². The first-order valence-corrected chi connectivity index (χ1v) is 6.50. The van der Waals surface area contributed by atoms with Crippen molar-refractivity contribution in [1.82, 2.24) is 4.90 Å². The molecule has 1 aliphatic carbocycles. The molecule has 0 aliphatic heterocycles. The maximum Gasteiger partial charge on any atom is 0.279 e. The van der Waals surface area contributed by atoms with Gasteiger partial charge >= 0.3 is 0 Å². The van der Waals surface area contributed by atoms with E-state index in [2.05, 4.69) is 0 Å². The molecule has 8 heteroatoms. The van der Waals surface area contributed by atoms with Gasteiger partial charge in [0.1, 0.15) is 0 Å². The maximum absolute atomic E-state index is 12.4. The predicted molar refractivity (Wildman–Crippen MR) is 74.2 cm³/mol. The molecule has 0 aromatic heterocycles. The quantitative estimate of drug-likeness (QED) is 0.611. The third kappa shape index (κ3) is 3.15. The van der Waals surface area contributed by atoms with E-state index in [1.807, 2.05) is 0 Å². The van der Waals surface area contributed by atoms with E-state index >= 15 is 0 Å². The van der Waals surface area contributed by atoms with Gasteiger partial charge in [0.05, 0.1) is 21.5 Å². The number of hydrogen-bond donors (Lipinski definition) is 0. The van der Waals surface area contributed by atoms with Gasteiger partial charge in [-0.15, -0.1) is 0 Å². The zero-order valence-electron chi connectivity index (χ0n) is 11.7. The van der Waals surface area contributed by atoms with E-state index in [9.17, 15) is 25.0 Å². The third-order valence-electron chi connectivity index (χ3n) is 3.58. The molecule has 0 spiro atoms. The van der Waals surface area contributed by atoms with Gasteiger partial charge in [0.25, 0.3) is 17.3 Å². The molecule has 1 aromatic rings. The lowest BCUT2D eigenvalue weighted by Crippen LogP contribution is -2.29. The van der Waals surface area contributed by atoms with Crippen molar-refractivity contribution in [2.75, 3.05) is 13.6 Å². The van der Waals surface area contributed by atoms with Crippen molar-refractivity contribution < 1.29 is 14.6 Å². The van der Waals surface area contributed by atoms with Gasteiger partial charge in [-0.1, -0.05) is 0 Å². The zero-order valence-corrected chi connectivity index (χ0v) is 11.7. The number of nitro groups is 2. The van der Waals surface area contributed by atoms with Crippen molar-refractivity contribution in [3.8, 4) is 0 Å². The van der Waals surface area contributed by atoms with E-state index < -0.39 is 27.1 Å². The molecule has 1 saturated carbocycles. The van der Waals surface area contributed by atoms with E-state index in [1.54, 1.807) is 7.05 Å². The van der Waals surface area contributed by atoms with Crippen LogP contribution in [0, 0.1) is 33.1 Å². The molecule has 2 rings (SSSR count). The van der Waals surface area contributed by atoms with Gasteiger partial charge in [-0.05, 0) is 25.7 Å². The summed E-state index contributed by atoms with van der Waals surface area (Å²) < 4.78 is 0. The van der Waals surface area contributed by atoms with Crippen LogP contribution in [-0.2, 0) is 0 Å². The number of non-ortho nitro benzene ring substituents is 1. The lowest BCUT2D eigenvalue weighted by molar-refractivity contribution is -0.394. The fourth-order valence-corrected chi connectivity index (χ4v) is 2.18. The summed E-state index contributed by atoms with van der Waals surface area (Å²) in [6, 6.07) is 1.99. The minimum atomic E-state index is -0.732. The van der Waals surface area contributed by atoms with Crippen LogP contribution in [-0.4, -0.2) is 34.2 Å². The Morgan fingerprint density at radius 1 is 1.29 bits per heavy atom. The van der Waals surface area contributed by atoms with Crippen LogP contribution in [0.3, 0.4) is 0 Å². The van der Waals surface area contributed by atoms with Gasteiger partial charge in [0, 0.05) is 25.2 Å². The summed E-state index contributed by atoms with van der Waals surface area (Å²) in [6.07, 6.45) is 2.12. The van der Waals surface area contributed by atoms with Gasteiger partial charge in [0.2, 0.25) is 0 Å². The zero-order chi connectivity index (χ0) is 15.7. The predicted octanol–water partition coefficient (Wildman–Crippen LogP) is 2.29. The molecule has 21 heavy (non-hydrogen) atoms. The molecule has 0 heterocycles. The van der Waals surface area contributed by atoms with Crippen LogP contribution in [0.2, 0.25) is 0 Å². The van der Waals surface area contributed by atoms with E-state index in [4.69, 9.17) is 0 Å². The van der Waals surface area contributed by atoms with Crippen LogP contribution in [0.5, 0.6) is 0 Å². The smallest absolute Gasteiger partial charge is 0.279 e. The van der Waals surface area contributed by atoms with E-state index in [-0.39, 0.29) is 11.1 Å². The molecule has 1 aliphatic rings. The molecule has 0 radical (unpaired) electrons. The van der Waals surface area contributed by atoms with Gasteiger partial charge in [-0.3, -0.25) is 25.0 Å². The first-order chi connectivity index (χ1) is 9.81. The number of carbonyl (C=O) groups is 1. The fourth-order valence-electron chi connectivity index (χ4n) is 2.18. The van der Waals surface area contributed by atoms with E-state index in [0.717, 1.165) is 25.0 Å². The third-order valence-corrected chi connectivity index (χ3v) is 3.58. The van der Waals surface area contributed by atoms with Crippen LogP contribution >= 0.6 is 0 Å². The summed E-state index contributed by atoms with van der Waals surface area (Å²) in [5.41, 5.74) is -0.694. The van der Waals surface area contributed by atoms with Crippen LogP contribution in [0.1, 0.15) is 28.8 Å². The van der Waals surface area contributed by atoms with Gasteiger partial charge < -0.3 is 4.90 Å². The highest BCUT2D eigenvalue weighted by atomic mass is 16.6. The highest BCUT2D eigenvalue weighted by molar-refractivity contribution is 5.97. The summed E-state index contributed by atoms with van der Waals surface area (Å²) in [4.78, 5) is 34.2. The largest absolute Gasteiger partial charge is 0.341 e. The Hall–Kier alpha value is -2.51. The number of amides is 1. The first kappa shape index (κ1) is 14.9. The number of rotatable bonds is 5. The van der Waals surface area contributed by atoms with Crippen LogP contribution in [0.25, 0.3) is 0 Å². The van der Waals surface area contributed by atoms with Crippen LogP contribution < -0.4 is 0 Å². The van der Waals surface area contributed by atoms with E-state index in [0.29, 0.717) is 12.5 Å². The van der Waals surface area contributed by atoms with Crippen LogP contribution in [0.4, 0.5) is 11.4 Å². The molecule has 0 bridgehead atoms. The van der Waals surface area contributed by atoms with Gasteiger partial charge in [-0.25, -0.2) is 0 Å². The standard InChI is InChI=1S/C13H15N3O5/c1-8-11(13(17)14(2)7-9-3-4-9)5-10(15(18)19)6-12(8)16(20)21/h5-6,9H,3-4,7H2,1-2H3. The molecule has 1 amide bonds. The summed E-state index contributed by atoms with van der Waals surface area (Å²) in [5.74, 6) is 0.0409. The minimum Gasteiger partial charge on any atom is -0.341 e. The molecule has 0 saturated heterocycles. The SMILES string of the molecule is Cc1c(C(=O)N(C)CC2CC2)cc([N+](=O)[O-])cc1[N+](=O)[O-]. The molecule has 1 aromatic carbocycles. The van der Waals surface area contributed by atoms with Crippen LogP contribution in [0.15, 0.2) is 12.1 Å². The van der Waals surface area contributed by atoms with E-state index in [1.165, 1.54) is 11.8 Å². The molecular weight excluding hydrogens is 278 g/mol. The number of nitrogens with zero attached hydrogens (tertiary/aromatic N) is 3. The number of nitro benzene ring substituents is 2. The Morgan fingerprint density at radius 2 is 1.90 bits per heavy atom. The first-order valence-electron chi connectivity index (χ1n) is 6.50. The molecule has 1 fully saturated rings. The number of hydrogen-bond acceptors (Lipinski definition) is 5. The average Bonchev–Trinajstić information content (AvgIpc) is 3.21. The van der Waals surface area contributed by atoms with Crippen molar-refractivity contribution in [3.05, 3.63) is 43.5 Å². The number of benzene rings is 1. The Kier molecular flexibility index (Phi) is 3.88. The average molecular weight is 293 g/mol. The topological polar surface area (TPSA) is 107 Å². The highest BCUT2D eigenvalue weighted by Gasteiger charge is 2.29. The van der Waals surface area contributed by atoms with Crippen molar-refractivity contribution in [3.63, 3.8) is 0 Å². The van der Waals surface area contributed by atoms with Gasteiger partial charge in [0.15, 0.2) is 0 Å². The summed E-state index contributed by atoms with van der Waals surface area (Å²) in [7, 11) is 1.60. The Bertz CT molecular complexity index is 624. The normalized spacial score (nSPS) is 13.8. The lowest BCUT2D eigenvalue weighted by Gasteiger charge is -2.17. The number of carbonyl (C=O) groups excluding carboxylic acids is 1.